The highest BCUT2D eigenvalue weighted by Crippen LogP contribution is 2.24. The van der Waals surface area contributed by atoms with Gasteiger partial charge in [-0.05, 0) is 36.8 Å². The molecule has 1 N–H and O–H groups in total. The summed E-state index contributed by atoms with van der Waals surface area (Å²) in [5.41, 5.74) is 0.636. The van der Waals surface area contributed by atoms with Crippen molar-refractivity contribution >= 4 is 16.7 Å². The highest BCUT2D eigenvalue weighted by molar-refractivity contribution is 6.16. The Bertz CT molecular complexity index is 867. The van der Waals surface area contributed by atoms with Gasteiger partial charge in [-0.25, -0.2) is 13.2 Å². The number of aryl methyl sites for hydroxylation is 1. The Kier molecular flexibility index (Phi) is 3.05. The van der Waals surface area contributed by atoms with Crippen LogP contribution in [0.25, 0.3) is 10.9 Å². The van der Waals surface area contributed by atoms with E-state index in [1.165, 1.54) is 37.4 Å². The lowest BCUT2D eigenvalue weighted by Crippen LogP contribution is -2.05. The van der Waals surface area contributed by atoms with Crippen LogP contribution in [-0.2, 0) is 0 Å². The largest absolute Gasteiger partial charge is 0.360 e. The van der Waals surface area contributed by atoms with Crippen LogP contribution >= 0.6 is 0 Å². The molecule has 21 heavy (non-hydrogen) atoms. The first kappa shape index (κ1) is 13.4. The van der Waals surface area contributed by atoms with Crippen LogP contribution in [0.5, 0.6) is 0 Å². The van der Waals surface area contributed by atoms with Crippen molar-refractivity contribution in [1.29, 1.82) is 0 Å². The van der Waals surface area contributed by atoms with Crippen molar-refractivity contribution in [2.45, 2.75) is 6.92 Å². The number of H-pyrrole nitrogens is 1. The van der Waals surface area contributed by atoms with Crippen molar-refractivity contribution in [2.75, 3.05) is 0 Å². The van der Waals surface area contributed by atoms with E-state index in [-0.39, 0.29) is 16.7 Å². The van der Waals surface area contributed by atoms with Crippen LogP contribution in [0.15, 0.2) is 36.5 Å². The summed E-state index contributed by atoms with van der Waals surface area (Å²) in [6, 6.07) is 5.78. The number of carbonyl (C=O) groups is 1. The predicted octanol–water partition coefficient (Wildman–Crippen LogP) is 4.12. The molecule has 0 saturated heterocycles. The summed E-state index contributed by atoms with van der Waals surface area (Å²) in [6.07, 6.45) is 1.39. The number of aromatic nitrogens is 1. The van der Waals surface area contributed by atoms with Crippen molar-refractivity contribution < 1.29 is 18.0 Å². The Hall–Kier alpha value is -2.56. The first-order valence-electron chi connectivity index (χ1n) is 6.24. The lowest BCUT2D eigenvalue weighted by Gasteiger charge is -2.04. The van der Waals surface area contributed by atoms with E-state index in [1.807, 2.05) is 0 Å². The highest BCUT2D eigenvalue weighted by atomic mass is 19.1. The molecule has 3 aromatic rings. The Balaban J connectivity index is 2.15. The summed E-state index contributed by atoms with van der Waals surface area (Å²) in [5.74, 6) is -2.63. The number of rotatable bonds is 2. The third kappa shape index (κ3) is 2.20. The standard InChI is InChI=1S/C16H10F3NO/c1-8-4-11(14(19)6-13(8)18)16(21)12-7-20-15-5-9(17)2-3-10(12)15/h2-7,20H,1H3. The van der Waals surface area contributed by atoms with Gasteiger partial charge in [-0.1, -0.05) is 0 Å². The van der Waals surface area contributed by atoms with Crippen LogP contribution in [-0.4, -0.2) is 10.8 Å². The maximum Gasteiger partial charge on any atom is 0.198 e. The lowest BCUT2D eigenvalue weighted by molar-refractivity contribution is 0.103. The zero-order valence-corrected chi connectivity index (χ0v) is 11.0. The molecule has 1 heterocycles. The van der Waals surface area contributed by atoms with Crippen LogP contribution in [0.2, 0.25) is 0 Å². The molecule has 0 radical (unpaired) electrons. The summed E-state index contributed by atoms with van der Waals surface area (Å²) in [4.78, 5) is 15.2. The van der Waals surface area contributed by atoms with Crippen molar-refractivity contribution in [3.8, 4) is 0 Å². The minimum atomic E-state index is -0.917. The average Bonchev–Trinajstić information content (AvgIpc) is 2.85. The summed E-state index contributed by atoms with van der Waals surface area (Å²) >= 11 is 0. The van der Waals surface area contributed by atoms with Gasteiger partial charge < -0.3 is 4.98 Å². The maximum atomic E-state index is 13.8. The fourth-order valence-corrected chi connectivity index (χ4v) is 2.26. The van der Waals surface area contributed by atoms with Crippen LogP contribution in [0.3, 0.4) is 0 Å². The zero-order valence-electron chi connectivity index (χ0n) is 11.0. The first-order valence-corrected chi connectivity index (χ1v) is 6.24. The molecule has 0 bridgehead atoms. The minimum absolute atomic E-state index is 0.186. The topological polar surface area (TPSA) is 32.9 Å². The van der Waals surface area contributed by atoms with E-state index in [0.717, 1.165) is 0 Å². The number of aromatic amines is 1. The molecule has 5 heteroatoms. The van der Waals surface area contributed by atoms with Crippen LogP contribution < -0.4 is 0 Å². The molecule has 0 saturated carbocycles. The van der Waals surface area contributed by atoms with E-state index < -0.39 is 23.2 Å². The molecular formula is C16H10F3NO. The fourth-order valence-electron chi connectivity index (χ4n) is 2.26. The van der Waals surface area contributed by atoms with Crippen LogP contribution in [0, 0.1) is 24.4 Å². The van der Waals surface area contributed by atoms with E-state index in [2.05, 4.69) is 4.98 Å². The van der Waals surface area contributed by atoms with Crippen LogP contribution in [0.4, 0.5) is 13.2 Å². The average molecular weight is 289 g/mol. The number of halogens is 3. The molecule has 0 fully saturated rings. The van der Waals surface area contributed by atoms with E-state index in [4.69, 9.17) is 0 Å². The molecule has 2 aromatic carbocycles. The molecular weight excluding hydrogens is 279 g/mol. The second kappa shape index (κ2) is 4.77. The predicted molar refractivity (Wildman–Crippen MR) is 72.8 cm³/mol. The number of hydrogen-bond donors (Lipinski definition) is 1. The second-order valence-electron chi connectivity index (χ2n) is 4.80. The summed E-state index contributed by atoms with van der Waals surface area (Å²) in [6.45, 7) is 1.45. The highest BCUT2D eigenvalue weighted by Gasteiger charge is 2.19. The summed E-state index contributed by atoms with van der Waals surface area (Å²) < 4.78 is 40.2. The molecule has 0 aliphatic carbocycles. The monoisotopic (exact) mass is 289 g/mol. The van der Waals surface area contributed by atoms with Gasteiger partial charge in [0.1, 0.15) is 17.5 Å². The Morgan fingerprint density at radius 3 is 2.52 bits per heavy atom. The molecule has 0 unspecified atom stereocenters. The van der Waals surface area contributed by atoms with E-state index >= 15 is 0 Å². The lowest BCUT2D eigenvalue weighted by atomic mass is 10.0. The molecule has 3 rings (SSSR count). The van der Waals surface area contributed by atoms with Crippen LogP contribution in [0.1, 0.15) is 21.5 Å². The third-order valence-corrected chi connectivity index (χ3v) is 3.38. The quantitative estimate of drug-likeness (QED) is 0.707. The number of fused-ring (bicyclic) bond motifs is 1. The molecule has 0 amide bonds. The van der Waals surface area contributed by atoms with E-state index in [9.17, 15) is 18.0 Å². The molecule has 0 spiro atoms. The Morgan fingerprint density at radius 1 is 1.00 bits per heavy atom. The van der Waals surface area contributed by atoms with E-state index in [1.54, 1.807) is 0 Å². The third-order valence-electron chi connectivity index (χ3n) is 3.38. The van der Waals surface area contributed by atoms with E-state index in [0.29, 0.717) is 17.0 Å². The second-order valence-corrected chi connectivity index (χ2v) is 4.80. The molecule has 2 nitrogen and oxygen atoms in total. The van der Waals surface area contributed by atoms with Gasteiger partial charge in [0, 0.05) is 28.7 Å². The first-order chi connectivity index (χ1) is 9.97. The minimum Gasteiger partial charge on any atom is -0.360 e. The van der Waals surface area contributed by atoms with Crippen molar-refractivity contribution in [3.63, 3.8) is 0 Å². The van der Waals surface area contributed by atoms with Gasteiger partial charge in [0.15, 0.2) is 5.78 Å². The normalized spacial score (nSPS) is 11.0. The van der Waals surface area contributed by atoms with Crippen molar-refractivity contribution in [1.82, 2.24) is 4.98 Å². The fraction of sp³-hybridized carbons (Fsp3) is 0.0625. The number of benzene rings is 2. The molecule has 1 aromatic heterocycles. The van der Waals surface area contributed by atoms with Gasteiger partial charge in [-0.15, -0.1) is 0 Å². The van der Waals surface area contributed by atoms with Gasteiger partial charge in [0.2, 0.25) is 0 Å². The number of hydrogen-bond acceptors (Lipinski definition) is 1. The Labute approximate surface area is 118 Å². The number of carbonyl (C=O) groups excluding carboxylic acids is 1. The Morgan fingerprint density at radius 2 is 1.76 bits per heavy atom. The molecule has 0 aliphatic rings. The van der Waals surface area contributed by atoms with Crippen molar-refractivity contribution in [3.05, 3.63) is 70.7 Å². The molecule has 0 aliphatic heterocycles. The maximum absolute atomic E-state index is 13.8. The van der Waals surface area contributed by atoms with Gasteiger partial charge >= 0.3 is 0 Å². The van der Waals surface area contributed by atoms with Crippen molar-refractivity contribution in [2.24, 2.45) is 0 Å². The van der Waals surface area contributed by atoms with Gasteiger partial charge in [-0.2, -0.15) is 0 Å². The molecule has 0 atom stereocenters. The number of nitrogens with one attached hydrogen (secondary N) is 1. The van der Waals surface area contributed by atoms with Gasteiger partial charge in [-0.3, -0.25) is 4.79 Å². The summed E-state index contributed by atoms with van der Waals surface area (Å²) in [7, 11) is 0. The van der Waals surface area contributed by atoms with Gasteiger partial charge in [0.05, 0.1) is 5.56 Å². The smallest absolute Gasteiger partial charge is 0.198 e. The summed E-state index contributed by atoms with van der Waals surface area (Å²) in [5, 5.41) is 0.489. The SMILES string of the molecule is Cc1cc(C(=O)c2c[nH]c3cc(F)ccc23)c(F)cc1F. The van der Waals surface area contributed by atoms with Gasteiger partial charge in [0.25, 0.3) is 0 Å². The zero-order chi connectivity index (χ0) is 15.1. The number of ketones is 1. The molecule has 106 valence electrons.